The van der Waals surface area contributed by atoms with E-state index in [2.05, 4.69) is 26.1 Å². The van der Waals surface area contributed by atoms with Crippen LogP contribution in [0.3, 0.4) is 0 Å². The van der Waals surface area contributed by atoms with Gasteiger partial charge in [-0.1, -0.05) is 30.7 Å². The molecule has 0 radical (unpaired) electrons. The van der Waals surface area contributed by atoms with Crippen LogP contribution in [-0.4, -0.2) is 32.4 Å². The Kier molecular flexibility index (Phi) is 7.52. The summed E-state index contributed by atoms with van der Waals surface area (Å²) in [4.78, 5) is 0. The molecule has 1 atom stereocenters. The maximum Gasteiger partial charge on any atom is 0.0949 e. The topological polar surface area (TPSA) is 30.5 Å². The summed E-state index contributed by atoms with van der Waals surface area (Å²) in [5.74, 6) is 0. The Bertz CT molecular complexity index is 379. The minimum absolute atomic E-state index is 0.0415. The van der Waals surface area contributed by atoms with Crippen LogP contribution in [-0.2, 0) is 9.47 Å². The quantitative estimate of drug-likeness (QED) is 0.752. The van der Waals surface area contributed by atoms with Crippen molar-refractivity contribution in [2.75, 3.05) is 26.8 Å². The average Bonchev–Trinajstić information content (AvgIpc) is 2.43. The molecule has 0 heterocycles. The number of rotatable bonds is 9. The van der Waals surface area contributed by atoms with E-state index in [1.54, 1.807) is 7.11 Å². The Labute approximate surface area is 127 Å². The van der Waals surface area contributed by atoms with Gasteiger partial charge in [0.1, 0.15) is 0 Å². The standard InChI is InChI=1S/C16H26ClNO2/c1-5-18-12-15(13-6-8-14(17)9-7-13)20-11-10-16(2,3)19-4/h6-9,15,18H,5,10-12H2,1-4H3. The highest BCUT2D eigenvalue weighted by molar-refractivity contribution is 6.30. The van der Waals surface area contributed by atoms with Gasteiger partial charge in [-0.3, -0.25) is 0 Å². The lowest BCUT2D eigenvalue weighted by Crippen LogP contribution is -2.27. The molecule has 0 aliphatic rings. The van der Waals surface area contributed by atoms with E-state index in [0.717, 1.165) is 30.1 Å². The summed E-state index contributed by atoms with van der Waals surface area (Å²) < 4.78 is 11.4. The molecule has 0 aromatic heterocycles. The monoisotopic (exact) mass is 299 g/mol. The normalized spacial score (nSPS) is 13.4. The first-order chi connectivity index (χ1) is 9.48. The molecule has 1 aromatic carbocycles. The predicted molar refractivity (Wildman–Crippen MR) is 84.4 cm³/mol. The van der Waals surface area contributed by atoms with E-state index in [0.29, 0.717) is 6.61 Å². The lowest BCUT2D eigenvalue weighted by molar-refractivity contribution is -0.0271. The Balaban J connectivity index is 2.58. The highest BCUT2D eigenvalue weighted by Gasteiger charge is 2.18. The van der Waals surface area contributed by atoms with Gasteiger partial charge in [0, 0.05) is 18.7 Å². The molecule has 0 saturated heterocycles. The van der Waals surface area contributed by atoms with Crippen molar-refractivity contribution >= 4 is 11.6 Å². The summed E-state index contributed by atoms with van der Waals surface area (Å²) in [5, 5.41) is 4.08. The van der Waals surface area contributed by atoms with Crippen molar-refractivity contribution in [3.63, 3.8) is 0 Å². The van der Waals surface area contributed by atoms with Crippen LogP contribution in [0.1, 0.15) is 38.9 Å². The van der Waals surface area contributed by atoms with Crippen molar-refractivity contribution in [2.24, 2.45) is 0 Å². The molecule has 114 valence electrons. The van der Waals surface area contributed by atoms with Gasteiger partial charge in [0.25, 0.3) is 0 Å². The van der Waals surface area contributed by atoms with Crippen LogP contribution in [0.5, 0.6) is 0 Å². The molecule has 1 aromatic rings. The fourth-order valence-corrected chi connectivity index (χ4v) is 1.90. The molecule has 1 rings (SSSR count). The van der Waals surface area contributed by atoms with Gasteiger partial charge in [-0.25, -0.2) is 0 Å². The molecule has 0 fully saturated rings. The highest BCUT2D eigenvalue weighted by Crippen LogP contribution is 2.21. The summed E-state index contributed by atoms with van der Waals surface area (Å²) >= 11 is 5.93. The van der Waals surface area contributed by atoms with Gasteiger partial charge in [0.15, 0.2) is 0 Å². The van der Waals surface area contributed by atoms with E-state index in [1.165, 1.54) is 0 Å². The second-order valence-corrected chi connectivity index (χ2v) is 5.87. The van der Waals surface area contributed by atoms with Gasteiger partial charge >= 0.3 is 0 Å². The van der Waals surface area contributed by atoms with E-state index in [9.17, 15) is 0 Å². The van der Waals surface area contributed by atoms with Crippen molar-refractivity contribution in [3.05, 3.63) is 34.9 Å². The number of benzene rings is 1. The fraction of sp³-hybridized carbons (Fsp3) is 0.625. The third-order valence-corrected chi connectivity index (χ3v) is 3.65. The molecule has 1 N–H and O–H groups in total. The van der Waals surface area contributed by atoms with Crippen LogP contribution in [0.25, 0.3) is 0 Å². The first-order valence-electron chi connectivity index (χ1n) is 7.11. The van der Waals surface area contributed by atoms with Crippen molar-refractivity contribution in [2.45, 2.75) is 38.9 Å². The molecule has 1 unspecified atom stereocenters. The van der Waals surface area contributed by atoms with Crippen molar-refractivity contribution in [1.29, 1.82) is 0 Å². The molecule has 0 bridgehead atoms. The van der Waals surface area contributed by atoms with Crippen molar-refractivity contribution in [3.8, 4) is 0 Å². The second kappa shape index (κ2) is 8.63. The first-order valence-corrected chi connectivity index (χ1v) is 7.49. The minimum Gasteiger partial charge on any atom is -0.379 e. The minimum atomic E-state index is -0.150. The number of ether oxygens (including phenoxy) is 2. The van der Waals surface area contributed by atoms with Gasteiger partial charge in [0.05, 0.1) is 18.3 Å². The number of hydrogen-bond acceptors (Lipinski definition) is 3. The molecule has 3 nitrogen and oxygen atoms in total. The maximum absolute atomic E-state index is 6.02. The third kappa shape index (κ3) is 6.23. The number of likely N-dealkylation sites (N-methyl/N-ethyl adjacent to an activating group) is 1. The molecular weight excluding hydrogens is 274 g/mol. The number of hydrogen-bond donors (Lipinski definition) is 1. The first kappa shape index (κ1) is 17.4. The Morgan fingerprint density at radius 1 is 1.25 bits per heavy atom. The van der Waals surface area contributed by atoms with Gasteiger partial charge < -0.3 is 14.8 Å². The number of methoxy groups -OCH3 is 1. The summed E-state index contributed by atoms with van der Waals surface area (Å²) in [5.41, 5.74) is 0.994. The van der Waals surface area contributed by atoms with Gasteiger partial charge in [-0.05, 0) is 44.5 Å². The van der Waals surface area contributed by atoms with E-state index < -0.39 is 0 Å². The predicted octanol–water partition coefficient (Wildman–Crippen LogP) is 3.82. The molecule has 0 aliphatic heterocycles. The molecule has 0 amide bonds. The summed E-state index contributed by atoms with van der Waals surface area (Å²) in [6, 6.07) is 7.84. The lowest BCUT2D eigenvalue weighted by atomic mass is 10.1. The van der Waals surface area contributed by atoms with Crippen molar-refractivity contribution in [1.82, 2.24) is 5.32 Å². The van der Waals surface area contributed by atoms with E-state index in [4.69, 9.17) is 21.1 Å². The van der Waals surface area contributed by atoms with Crippen LogP contribution in [0.4, 0.5) is 0 Å². The zero-order chi connectivity index (χ0) is 15.0. The SMILES string of the molecule is CCNCC(OCCC(C)(C)OC)c1ccc(Cl)cc1. The number of halogens is 1. The third-order valence-electron chi connectivity index (χ3n) is 3.40. The van der Waals surface area contributed by atoms with Crippen molar-refractivity contribution < 1.29 is 9.47 Å². The second-order valence-electron chi connectivity index (χ2n) is 5.43. The summed E-state index contributed by atoms with van der Waals surface area (Å²) in [6.45, 7) is 8.62. The maximum atomic E-state index is 6.02. The van der Waals surface area contributed by atoms with Gasteiger partial charge in [0.2, 0.25) is 0 Å². The van der Waals surface area contributed by atoms with Crippen LogP contribution in [0.15, 0.2) is 24.3 Å². The Morgan fingerprint density at radius 2 is 1.90 bits per heavy atom. The van der Waals surface area contributed by atoms with E-state index in [1.807, 2.05) is 24.3 Å². The molecule has 0 saturated carbocycles. The molecule has 4 heteroatoms. The highest BCUT2D eigenvalue weighted by atomic mass is 35.5. The summed E-state index contributed by atoms with van der Waals surface area (Å²) in [6.07, 6.45) is 0.902. The zero-order valence-electron chi connectivity index (χ0n) is 12.9. The lowest BCUT2D eigenvalue weighted by Gasteiger charge is -2.25. The Morgan fingerprint density at radius 3 is 2.45 bits per heavy atom. The van der Waals surface area contributed by atoms with E-state index >= 15 is 0 Å². The van der Waals surface area contributed by atoms with Crippen LogP contribution in [0, 0.1) is 0 Å². The summed E-state index contributed by atoms with van der Waals surface area (Å²) in [7, 11) is 1.73. The molecule has 0 aliphatic carbocycles. The number of nitrogens with one attached hydrogen (secondary N) is 1. The van der Waals surface area contributed by atoms with Gasteiger partial charge in [-0.2, -0.15) is 0 Å². The fourth-order valence-electron chi connectivity index (χ4n) is 1.77. The zero-order valence-corrected chi connectivity index (χ0v) is 13.7. The van der Waals surface area contributed by atoms with Crippen LogP contribution >= 0.6 is 11.6 Å². The average molecular weight is 300 g/mol. The molecule has 20 heavy (non-hydrogen) atoms. The van der Waals surface area contributed by atoms with Crippen LogP contribution in [0.2, 0.25) is 5.02 Å². The largest absolute Gasteiger partial charge is 0.379 e. The molecular formula is C16H26ClNO2. The van der Waals surface area contributed by atoms with Crippen LogP contribution < -0.4 is 5.32 Å². The Hall–Kier alpha value is -0.610. The van der Waals surface area contributed by atoms with Gasteiger partial charge in [-0.15, -0.1) is 0 Å². The molecule has 0 spiro atoms. The van der Waals surface area contributed by atoms with E-state index in [-0.39, 0.29) is 11.7 Å². The smallest absolute Gasteiger partial charge is 0.0949 e.